The molecule has 0 radical (unpaired) electrons. The molecular weight excluding hydrogens is 398 g/mol. The number of amides is 3. The molecule has 9 nitrogen and oxygen atoms in total. The molecule has 9 heteroatoms. The van der Waals surface area contributed by atoms with Gasteiger partial charge in [0.05, 0.1) is 6.20 Å². The number of benzene rings is 1. The fraction of sp³-hybridized carbons (Fsp3) is 0.455. The summed E-state index contributed by atoms with van der Waals surface area (Å²) in [6, 6.07) is 5.18. The number of rotatable bonds is 9. The SMILES string of the molecule is NCCOc1cnc(CCCCc2cccc3c2CN(C2CCC(=O)NC2=O)C3=O)[nH]1. The summed E-state index contributed by atoms with van der Waals surface area (Å²) in [7, 11) is 0. The zero-order valence-electron chi connectivity index (χ0n) is 17.4. The van der Waals surface area contributed by atoms with Gasteiger partial charge in [0.1, 0.15) is 18.5 Å². The number of aromatic nitrogens is 2. The Balaban J connectivity index is 1.34. The maximum absolute atomic E-state index is 12.9. The van der Waals surface area contributed by atoms with E-state index in [9.17, 15) is 14.4 Å². The van der Waals surface area contributed by atoms with Crippen LogP contribution in [0.3, 0.4) is 0 Å². The second-order valence-corrected chi connectivity index (χ2v) is 7.88. The zero-order valence-corrected chi connectivity index (χ0v) is 17.4. The molecule has 2 aliphatic rings. The predicted molar refractivity (Wildman–Crippen MR) is 112 cm³/mol. The van der Waals surface area contributed by atoms with Crippen LogP contribution in [0.1, 0.15) is 53.0 Å². The van der Waals surface area contributed by atoms with Crippen LogP contribution in [-0.2, 0) is 29.0 Å². The minimum absolute atomic E-state index is 0.132. The molecule has 1 atom stereocenters. The van der Waals surface area contributed by atoms with Crippen molar-refractivity contribution in [2.75, 3.05) is 13.2 Å². The van der Waals surface area contributed by atoms with Crippen LogP contribution in [0.2, 0.25) is 0 Å². The summed E-state index contributed by atoms with van der Waals surface area (Å²) in [5, 5.41) is 2.34. The molecule has 0 bridgehead atoms. The lowest BCUT2D eigenvalue weighted by Gasteiger charge is -2.29. The Morgan fingerprint density at radius 3 is 2.84 bits per heavy atom. The molecule has 1 unspecified atom stereocenters. The molecule has 4 rings (SSSR count). The van der Waals surface area contributed by atoms with E-state index in [0.29, 0.717) is 37.6 Å². The van der Waals surface area contributed by atoms with Crippen molar-refractivity contribution in [3.63, 3.8) is 0 Å². The summed E-state index contributed by atoms with van der Waals surface area (Å²) < 4.78 is 5.42. The molecule has 1 fully saturated rings. The molecule has 2 aliphatic heterocycles. The second kappa shape index (κ2) is 9.30. The van der Waals surface area contributed by atoms with E-state index in [2.05, 4.69) is 15.3 Å². The van der Waals surface area contributed by atoms with Crippen LogP contribution in [0.15, 0.2) is 24.4 Å². The smallest absolute Gasteiger partial charge is 0.255 e. The van der Waals surface area contributed by atoms with Crippen LogP contribution in [0, 0.1) is 0 Å². The fourth-order valence-electron chi connectivity index (χ4n) is 4.20. The molecule has 0 spiro atoms. The van der Waals surface area contributed by atoms with Gasteiger partial charge in [-0.2, -0.15) is 0 Å². The van der Waals surface area contributed by atoms with E-state index in [0.717, 1.165) is 42.6 Å². The number of carbonyl (C=O) groups excluding carboxylic acids is 3. The van der Waals surface area contributed by atoms with Crippen molar-refractivity contribution in [3.05, 3.63) is 46.9 Å². The summed E-state index contributed by atoms with van der Waals surface area (Å²) in [6.07, 6.45) is 5.85. The van der Waals surface area contributed by atoms with Gasteiger partial charge in [0, 0.05) is 31.5 Å². The first-order valence-corrected chi connectivity index (χ1v) is 10.7. The summed E-state index contributed by atoms with van der Waals surface area (Å²) in [4.78, 5) is 45.6. The minimum Gasteiger partial charge on any atom is -0.477 e. The van der Waals surface area contributed by atoms with Gasteiger partial charge in [-0.15, -0.1) is 0 Å². The normalized spacial score (nSPS) is 18.3. The molecule has 31 heavy (non-hydrogen) atoms. The molecule has 3 heterocycles. The standard InChI is InChI=1S/C22H27N5O4/c23-10-11-31-20-12-24-18(25-20)7-2-1-4-14-5-3-6-15-16(14)13-27(22(15)30)17-8-9-19(28)26-21(17)29/h3,5-6,12,17H,1-2,4,7-11,13,23H2,(H,24,25)(H,26,28,29). The Labute approximate surface area is 180 Å². The third-order valence-electron chi connectivity index (χ3n) is 5.77. The van der Waals surface area contributed by atoms with Crippen molar-refractivity contribution in [2.45, 2.75) is 51.1 Å². The van der Waals surface area contributed by atoms with E-state index >= 15 is 0 Å². The largest absolute Gasteiger partial charge is 0.477 e. The second-order valence-electron chi connectivity index (χ2n) is 7.88. The highest BCUT2D eigenvalue weighted by Gasteiger charge is 2.39. The fourth-order valence-corrected chi connectivity index (χ4v) is 4.20. The number of hydrogen-bond donors (Lipinski definition) is 3. The van der Waals surface area contributed by atoms with Crippen molar-refractivity contribution < 1.29 is 19.1 Å². The first-order valence-electron chi connectivity index (χ1n) is 10.7. The van der Waals surface area contributed by atoms with Gasteiger partial charge in [0.25, 0.3) is 5.91 Å². The topological polar surface area (TPSA) is 130 Å². The van der Waals surface area contributed by atoms with Crippen molar-refractivity contribution >= 4 is 17.7 Å². The van der Waals surface area contributed by atoms with E-state index in [1.165, 1.54) is 0 Å². The van der Waals surface area contributed by atoms with E-state index in [1.807, 2.05) is 18.2 Å². The van der Waals surface area contributed by atoms with Crippen LogP contribution in [0.4, 0.5) is 0 Å². The number of imide groups is 1. The number of hydrogen-bond acceptors (Lipinski definition) is 6. The molecule has 1 aromatic carbocycles. The number of ether oxygens (including phenoxy) is 1. The first kappa shape index (κ1) is 21.0. The highest BCUT2D eigenvalue weighted by atomic mass is 16.5. The van der Waals surface area contributed by atoms with Gasteiger partial charge < -0.3 is 20.4 Å². The van der Waals surface area contributed by atoms with Crippen molar-refractivity contribution in [2.24, 2.45) is 5.73 Å². The number of carbonyl (C=O) groups is 3. The first-order chi connectivity index (χ1) is 15.1. The predicted octanol–water partition coefficient (Wildman–Crippen LogP) is 1.07. The third kappa shape index (κ3) is 4.61. The number of unbranched alkanes of at least 4 members (excludes halogenated alkanes) is 1. The van der Waals surface area contributed by atoms with Crippen LogP contribution in [0.25, 0.3) is 0 Å². The molecule has 3 amide bonds. The number of imidazole rings is 1. The average molecular weight is 425 g/mol. The molecule has 4 N–H and O–H groups in total. The highest BCUT2D eigenvalue weighted by Crippen LogP contribution is 2.30. The van der Waals surface area contributed by atoms with Gasteiger partial charge in [-0.25, -0.2) is 4.98 Å². The van der Waals surface area contributed by atoms with Gasteiger partial charge in [-0.3, -0.25) is 19.7 Å². The number of H-pyrrole nitrogens is 1. The number of nitrogens with zero attached hydrogens (tertiary/aromatic N) is 2. The average Bonchev–Trinajstić information content (AvgIpc) is 3.35. The van der Waals surface area contributed by atoms with Crippen molar-refractivity contribution in [3.8, 4) is 5.88 Å². The molecule has 164 valence electrons. The molecule has 0 saturated carbocycles. The number of fused-ring (bicyclic) bond motifs is 1. The lowest BCUT2D eigenvalue weighted by Crippen LogP contribution is -2.52. The summed E-state index contributed by atoms with van der Waals surface area (Å²) in [5.41, 5.74) is 8.22. The lowest BCUT2D eigenvalue weighted by molar-refractivity contribution is -0.136. The van der Waals surface area contributed by atoms with Gasteiger partial charge in [-0.1, -0.05) is 12.1 Å². The Hall–Kier alpha value is -3.20. The maximum atomic E-state index is 12.9. The Morgan fingerprint density at radius 1 is 1.19 bits per heavy atom. The monoisotopic (exact) mass is 425 g/mol. The van der Waals surface area contributed by atoms with E-state index in [-0.39, 0.29) is 24.1 Å². The minimum atomic E-state index is -0.583. The molecule has 0 aliphatic carbocycles. The van der Waals surface area contributed by atoms with Gasteiger partial charge in [-0.05, 0) is 42.9 Å². The number of aryl methyl sites for hydroxylation is 2. The van der Waals surface area contributed by atoms with Gasteiger partial charge in [0.2, 0.25) is 17.7 Å². The van der Waals surface area contributed by atoms with Crippen LogP contribution < -0.4 is 15.8 Å². The Kier molecular flexibility index (Phi) is 6.31. The summed E-state index contributed by atoms with van der Waals surface area (Å²) in [6.45, 7) is 1.32. The summed E-state index contributed by atoms with van der Waals surface area (Å²) in [5.74, 6) is 0.720. The van der Waals surface area contributed by atoms with Crippen molar-refractivity contribution in [1.82, 2.24) is 20.2 Å². The Morgan fingerprint density at radius 2 is 2.03 bits per heavy atom. The zero-order chi connectivity index (χ0) is 21.8. The van der Waals surface area contributed by atoms with E-state index in [4.69, 9.17) is 10.5 Å². The van der Waals surface area contributed by atoms with Gasteiger partial charge in [0.15, 0.2) is 0 Å². The molecule has 1 aromatic heterocycles. The molecular formula is C22H27N5O4. The highest BCUT2D eigenvalue weighted by molar-refractivity contribution is 6.05. The number of nitrogens with two attached hydrogens (primary N) is 1. The Bertz CT molecular complexity index is 986. The van der Waals surface area contributed by atoms with Gasteiger partial charge >= 0.3 is 0 Å². The molecule has 2 aromatic rings. The number of piperidine rings is 1. The lowest BCUT2D eigenvalue weighted by atomic mass is 9.98. The number of nitrogens with one attached hydrogen (secondary N) is 2. The maximum Gasteiger partial charge on any atom is 0.255 e. The van der Waals surface area contributed by atoms with E-state index in [1.54, 1.807) is 11.1 Å². The van der Waals surface area contributed by atoms with Crippen molar-refractivity contribution in [1.29, 1.82) is 0 Å². The third-order valence-corrected chi connectivity index (χ3v) is 5.77. The number of aromatic amines is 1. The van der Waals surface area contributed by atoms with E-state index < -0.39 is 6.04 Å². The molecule has 1 saturated heterocycles. The quantitative estimate of drug-likeness (QED) is 0.407. The van der Waals surface area contributed by atoms with Crippen LogP contribution >= 0.6 is 0 Å². The summed E-state index contributed by atoms with van der Waals surface area (Å²) >= 11 is 0. The van der Waals surface area contributed by atoms with Crippen LogP contribution in [-0.4, -0.2) is 51.8 Å². The van der Waals surface area contributed by atoms with Crippen LogP contribution in [0.5, 0.6) is 5.88 Å².